The zero-order valence-corrected chi connectivity index (χ0v) is 24.2. The Hall–Kier alpha value is -2.72. The fourth-order valence-electron chi connectivity index (χ4n) is 5.54. The lowest BCUT2D eigenvalue weighted by molar-refractivity contribution is 0.548. The SMILES string of the molecule is CCCCN(P(c1c(F)cc(F)cc1F)c1c(F)cc(F)cc1F)P1C(c2ccccc2)CC[C@H]1c1ccccc1. The summed E-state index contributed by atoms with van der Waals surface area (Å²) in [5, 5.41) is -1.18. The van der Waals surface area contributed by atoms with Gasteiger partial charge in [-0.3, -0.25) is 4.44 Å². The largest absolute Gasteiger partial charge is 0.251 e. The number of hydrogen-bond donors (Lipinski definition) is 0. The molecule has 0 radical (unpaired) electrons. The first-order chi connectivity index (χ1) is 19.8. The molecule has 1 aliphatic rings. The number of rotatable bonds is 9. The van der Waals surface area contributed by atoms with Crippen molar-refractivity contribution < 1.29 is 26.3 Å². The van der Waals surface area contributed by atoms with Crippen LogP contribution in [0.15, 0.2) is 84.9 Å². The van der Waals surface area contributed by atoms with Crippen LogP contribution in [0.3, 0.4) is 0 Å². The van der Waals surface area contributed by atoms with Gasteiger partial charge in [-0.2, -0.15) is 0 Å². The third-order valence-corrected chi connectivity index (χ3v) is 14.0. The Morgan fingerprint density at radius 1 is 0.659 bits per heavy atom. The van der Waals surface area contributed by atoms with Crippen LogP contribution in [0.5, 0.6) is 0 Å². The van der Waals surface area contributed by atoms with Gasteiger partial charge in [-0.1, -0.05) is 74.0 Å². The van der Waals surface area contributed by atoms with Gasteiger partial charge in [0.2, 0.25) is 0 Å². The molecule has 1 fully saturated rings. The summed E-state index contributed by atoms with van der Waals surface area (Å²) in [5.41, 5.74) is 1.95. The van der Waals surface area contributed by atoms with Crippen molar-refractivity contribution in [2.24, 2.45) is 0 Å². The summed E-state index contributed by atoms with van der Waals surface area (Å²) < 4.78 is 92.4. The molecule has 41 heavy (non-hydrogen) atoms. The van der Waals surface area contributed by atoms with Crippen LogP contribution in [0.25, 0.3) is 0 Å². The molecule has 0 aromatic heterocycles. The van der Waals surface area contributed by atoms with E-state index in [4.69, 9.17) is 0 Å². The number of benzene rings is 4. The Kier molecular flexibility index (Phi) is 9.49. The van der Waals surface area contributed by atoms with E-state index in [1.54, 1.807) is 0 Å². The maximum atomic E-state index is 15.6. The van der Waals surface area contributed by atoms with Crippen molar-refractivity contribution in [1.29, 1.82) is 0 Å². The van der Waals surface area contributed by atoms with Crippen LogP contribution in [0.1, 0.15) is 55.1 Å². The van der Waals surface area contributed by atoms with Gasteiger partial charge in [-0.05, 0) is 38.5 Å². The van der Waals surface area contributed by atoms with Gasteiger partial charge < -0.3 is 0 Å². The van der Waals surface area contributed by atoms with E-state index < -0.39 is 61.7 Å². The van der Waals surface area contributed by atoms with Gasteiger partial charge in [0, 0.05) is 50.2 Å². The van der Waals surface area contributed by atoms with Crippen molar-refractivity contribution in [3.05, 3.63) is 131 Å². The van der Waals surface area contributed by atoms with Gasteiger partial charge in [0.05, 0.1) is 10.6 Å². The second-order valence-electron chi connectivity index (χ2n) is 10.0. The molecule has 0 saturated carbocycles. The number of unbranched alkanes of at least 4 members (excludes halogenated alkanes) is 1. The smallest absolute Gasteiger partial charge is 0.138 e. The van der Waals surface area contributed by atoms with Gasteiger partial charge >= 0.3 is 0 Å². The minimum Gasteiger partial charge on any atom is -0.251 e. The summed E-state index contributed by atoms with van der Waals surface area (Å²) in [4.78, 5) is 0. The van der Waals surface area contributed by atoms with Gasteiger partial charge in [0.25, 0.3) is 0 Å². The van der Waals surface area contributed by atoms with Crippen molar-refractivity contribution in [3.63, 3.8) is 0 Å². The minimum atomic E-state index is -2.55. The van der Waals surface area contributed by atoms with Crippen molar-refractivity contribution in [1.82, 2.24) is 4.44 Å². The van der Waals surface area contributed by atoms with Crippen molar-refractivity contribution in [2.75, 3.05) is 6.54 Å². The van der Waals surface area contributed by atoms with Crippen molar-refractivity contribution >= 4 is 26.8 Å². The Bertz CT molecular complexity index is 1340. The molecule has 3 atom stereocenters. The van der Waals surface area contributed by atoms with E-state index in [1.807, 2.05) is 72.0 Å². The fraction of sp³-hybridized carbons (Fsp3) is 0.250. The first-order valence-corrected chi connectivity index (χ1v) is 16.3. The lowest BCUT2D eigenvalue weighted by Crippen LogP contribution is -2.33. The third-order valence-electron chi connectivity index (χ3n) is 7.32. The van der Waals surface area contributed by atoms with Crippen LogP contribution in [0.4, 0.5) is 26.3 Å². The lowest BCUT2D eigenvalue weighted by atomic mass is 10.0. The molecule has 0 bridgehead atoms. The van der Waals surface area contributed by atoms with Crippen LogP contribution < -0.4 is 10.6 Å². The molecule has 1 aliphatic heterocycles. The predicted molar refractivity (Wildman–Crippen MR) is 155 cm³/mol. The van der Waals surface area contributed by atoms with Crippen molar-refractivity contribution in [3.8, 4) is 0 Å². The lowest BCUT2D eigenvalue weighted by Gasteiger charge is -2.42. The zero-order valence-electron chi connectivity index (χ0n) is 22.4. The summed E-state index contributed by atoms with van der Waals surface area (Å²) in [7, 11) is -3.89. The van der Waals surface area contributed by atoms with E-state index in [-0.39, 0.29) is 11.3 Å². The van der Waals surface area contributed by atoms with Crippen LogP contribution in [0, 0.1) is 34.9 Å². The van der Waals surface area contributed by atoms with E-state index in [0.717, 1.165) is 30.4 Å². The maximum absolute atomic E-state index is 15.6. The van der Waals surface area contributed by atoms with Crippen LogP contribution >= 0.6 is 16.1 Å². The molecule has 0 amide bonds. The predicted octanol–water partition coefficient (Wildman–Crippen LogP) is 9.64. The molecule has 0 spiro atoms. The minimum absolute atomic E-state index is 0.0589. The molecule has 214 valence electrons. The summed E-state index contributed by atoms with van der Waals surface area (Å²) in [6, 6.07) is 21.7. The van der Waals surface area contributed by atoms with E-state index in [9.17, 15) is 8.78 Å². The summed E-state index contributed by atoms with van der Waals surface area (Å²) in [6.45, 7) is 2.26. The molecule has 0 aliphatic carbocycles. The summed E-state index contributed by atoms with van der Waals surface area (Å²) in [6.07, 6.45) is 2.85. The zero-order chi connectivity index (χ0) is 29.1. The average molecular weight is 604 g/mol. The van der Waals surface area contributed by atoms with Gasteiger partial charge in [0.15, 0.2) is 0 Å². The molecule has 4 aromatic rings. The number of hydrogen-bond acceptors (Lipinski definition) is 1. The Labute approximate surface area is 238 Å². The third kappa shape index (κ3) is 6.23. The van der Waals surface area contributed by atoms with Crippen LogP contribution in [-0.4, -0.2) is 11.0 Å². The fourth-order valence-corrected chi connectivity index (χ4v) is 13.0. The highest BCUT2D eigenvalue weighted by atomic mass is 31.2. The number of halogens is 6. The maximum Gasteiger partial charge on any atom is 0.138 e. The van der Waals surface area contributed by atoms with Crippen molar-refractivity contribution in [2.45, 2.75) is 43.9 Å². The standard InChI is InChI=1S/C32H29F6NP2/c1-2-3-16-39(40-29(21-10-6-4-7-11-21)14-15-30(40)22-12-8-5-9-13-22)41(31-25(35)17-23(33)18-26(31)36)32-27(37)19-24(34)20-28(32)38/h4-13,17-20,29-30H,2-3,14-16H2,1H3/t29-,30?,40?/m0/s1. The van der Waals surface area contributed by atoms with E-state index in [1.165, 1.54) is 0 Å². The van der Waals surface area contributed by atoms with Gasteiger partial charge in [-0.25, -0.2) is 26.3 Å². The van der Waals surface area contributed by atoms with E-state index in [2.05, 4.69) is 0 Å². The summed E-state index contributed by atoms with van der Waals surface area (Å²) >= 11 is 0. The van der Waals surface area contributed by atoms with Gasteiger partial charge in [-0.15, -0.1) is 0 Å². The molecule has 1 heterocycles. The molecule has 1 nitrogen and oxygen atoms in total. The first-order valence-electron chi connectivity index (χ1n) is 13.5. The second-order valence-corrected chi connectivity index (χ2v) is 14.8. The van der Waals surface area contributed by atoms with Gasteiger partial charge in [0.1, 0.15) is 34.9 Å². The highest BCUT2D eigenvalue weighted by Gasteiger charge is 2.46. The Morgan fingerprint density at radius 3 is 1.41 bits per heavy atom. The Morgan fingerprint density at radius 2 is 1.05 bits per heavy atom. The highest BCUT2D eigenvalue weighted by Crippen LogP contribution is 2.76. The van der Waals surface area contributed by atoms with E-state index in [0.29, 0.717) is 37.2 Å². The monoisotopic (exact) mass is 603 g/mol. The quantitative estimate of drug-likeness (QED) is 0.136. The molecule has 2 unspecified atom stereocenters. The molecule has 0 N–H and O–H groups in total. The molecular formula is C32H29F6NP2. The van der Waals surface area contributed by atoms with Crippen LogP contribution in [0.2, 0.25) is 0 Å². The average Bonchev–Trinajstić information content (AvgIpc) is 3.38. The van der Waals surface area contributed by atoms with E-state index >= 15 is 17.6 Å². The first kappa shape index (κ1) is 29.8. The molecular weight excluding hydrogens is 574 g/mol. The normalized spacial score (nSPS) is 18.9. The second kappa shape index (κ2) is 13.1. The molecule has 4 aromatic carbocycles. The topological polar surface area (TPSA) is 3.24 Å². The number of nitrogens with zero attached hydrogens (tertiary/aromatic N) is 1. The summed E-state index contributed by atoms with van der Waals surface area (Å²) in [5.74, 6) is -7.15. The molecule has 1 saturated heterocycles. The Balaban J connectivity index is 1.78. The molecule has 9 heteroatoms. The molecule has 5 rings (SSSR count). The van der Waals surface area contributed by atoms with Crippen LogP contribution in [-0.2, 0) is 0 Å². The highest BCUT2D eigenvalue weighted by molar-refractivity contribution is 7.79.